The smallest absolute Gasteiger partial charge is 0.275 e. The molecule has 1 aliphatic rings. The van der Waals surface area contributed by atoms with E-state index in [1.54, 1.807) is 6.07 Å². The van der Waals surface area contributed by atoms with Crippen LogP contribution in [-0.2, 0) is 4.79 Å². The van der Waals surface area contributed by atoms with E-state index in [0.717, 1.165) is 0 Å². The highest BCUT2D eigenvalue weighted by Gasteiger charge is 2.24. The third-order valence-electron chi connectivity index (χ3n) is 0.958. The number of urea groups is 1. The van der Waals surface area contributed by atoms with Crippen LogP contribution >= 0.6 is 0 Å². The number of rotatable bonds is 0. The number of nitrogens with zero attached hydrogens (tertiary/aromatic N) is 1. The van der Waals surface area contributed by atoms with Crippen molar-refractivity contribution in [1.82, 2.24) is 16.2 Å². The summed E-state index contributed by atoms with van der Waals surface area (Å²) in [4.78, 5) is 20.9. The van der Waals surface area contributed by atoms with Crippen LogP contribution in [0.25, 0.3) is 0 Å². The average molecular weight is 140 g/mol. The Balaban J connectivity index is 2.62. The SMILES string of the molecule is N#CC1NNC(=O)NC1=O. The molecule has 1 saturated heterocycles. The molecule has 6 heteroatoms. The molecule has 52 valence electrons. The van der Waals surface area contributed by atoms with Crippen molar-refractivity contribution >= 4 is 11.9 Å². The second kappa shape index (κ2) is 2.33. The molecule has 1 rings (SSSR count). The highest BCUT2D eigenvalue weighted by Crippen LogP contribution is 1.83. The highest BCUT2D eigenvalue weighted by atomic mass is 16.2. The maximum absolute atomic E-state index is 10.6. The molecule has 1 atom stereocenters. The lowest BCUT2D eigenvalue weighted by Crippen LogP contribution is -2.61. The first-order valence-electron chi connectivity index (χ1n) is 2.50. The number of imide groups is 1. The van der Waals surface area contributed by atoms with E-state index in [4.69, 9.17) is 5.26 Å². The molecule has 6 nitrogen and oxygen atoms in total. The van der Waals surface area contributed by atoms with E-state index in [2.05, 4.69) is 10.9 Å². The molecule has 0 aromatic carbocycles. The van der Waals surface area contributed by atoms with Crippen LogP contribution in [0.5, 0.6) is 0 Å². The molecular formula is C4H4N4O2. The van der Waals surface area contributed by atoms with Crippen LogP contribution in [0.4, 0.5) is 4.79 Å². The first kappa shape index (κ1) is 6.51. The van der Waals surface area contributed by atoms with Crippen LogP contribution in [0.2, 0.25) is 0 Å². The van der Waals surface area contributed by atoms with E-state index in [1.165, 1.54) is 0 Å². The largest absolute Gasteiger partial charge is 0.335 e. The van der Waals surface area contributed by atoms with Crippen molar-refractivity contribution in [3.63, 3.8) is 0 Å². The van der Waals surface area contributed by atoms with Crippen molar-refractivity contribution in [3.8, 4) is 6.07 Å². The fourth-order valence-electron chi connectivity index (χ4n) is 0.509. The van der Waals surface area contributed by atoms with Gasteiger partial charge in [0.25, 0.3) is 5.91 Å². The molecule has 0 bridgehead atoms. The number of amides is 3. The van der Waals surface area contributed by atoms with Gasteiger partial charge < -0.3 is 0 Å². The highest BCUT2D eigenvalue weighted by molar-refractivity contribution is 6.00. The van der Waals surface area contributed by atoms with Crippen LogP contribution in [0.15, 0.2) is 0 Å². The topological polar surface area (TPSA) is 94.0 Å². The summed E-state index contributed by atoms with van der Waals surface area (Å²) in [5.74, 6) is -0.633. The molecule has 0 spiro atoms. The van der Waals surface area contributed by atoms with E-state index in [1.807, 2.05) is 5.32 Å². The summed E-state index contributed by atoms with van der Waals surface area (Å²) in [6.07, 6.45) is 0. The third-order valence-corrected chi connectivity index (χ3v) is 0.958. The van der Waals surface area contributed by atoms with Gasteiger partial charge in [-0.1, -0.05) is 0 Å². The molecule has 1 aliphatic heterocycles. The Kier molecular flexibility index (Phi) is 1.51. The number of nitrogens with one attached hydrogen (secondary N) is 3. The summed E-state index contributed by atoms with van der Waals surface area (Å²) in [5, 5.41) is 10.1. The van der Waals surface area contributed by atoms with Gasteiger partial charge in [0, 0.05) is 0 Å². The number of carbonyl (C=O) groups is 2. The summed E-state index contributed by atoms with van der Waals surface area (Å²) in [5.41, 5.74) is 4.27. The van der Waals surface area contributed by atoms with Gasteiger partial charge >= 0.3 is 6.03 Å². The Morgan fingerprint density at radius 1 is 1.50 bits per heavy atom. The van der Waals surface area contributed by atoms with E-state index in [0.29, 0.717) is 0 Å². The monoisotopic (exact) mass is 140 g/mol. The zero-order chi connectivity index (χ0) is 7.56. The van der Waals surface area contributed by atoms with Crippen molar-refractivity contribution in [2.75, 3.05) is 0 Å². The Hall–Kier alpha value is -1.61. The molecule has 0 aromatic rings. The maximum atomic E-state index is 10.6. The van der Waals surface area contributed by atoms with Crippen molar-refractivity contribution in [1.29, 1.82) is 5.26 Å². The van der Waals surface area contributed by atoms with E-state index < -0.39 is 18.0 Å². The minimum Gasteiger partial charge on any atom is -0.275 e. The minimum atomic E-state index is -0.988. The third kappa shape index (κ3) is 1.04. The van der Waals surface area contributed by atoms with Crippen LogP contribution in [0.1, 0.15) is 0 Å². The molecule has 3 amide bonds. The van der Waals surface area contributed by atoms with Gasteiger partial charge in [0.1, 0.15) is 0 Å². The van der Waals surface area contributed by atoms with Crippen molar-refractivity contribution in [2.24, 2.45) is 0 Å². The molecule has 0 saturated carbocycles. The summed E-state index contributed by atoms with van der Waals surface area (Å²) < 4.78 is 0. The van der Waals surface area contributed by atoms with Gasteiger partial charge in [-0.2, -0.15) is 5.26 Å². The Bertz CT molecular complexity index is 218. The minimum absolute atomic E-state index is 0.633. The van der Waals surface area contributed by atoms with Gasteiger partial charge in [0.2, 0.25) is 0 Å². The molecule has 10 heavy (non-hydrogen) atoms. The van der Waals surface area contributed by atoms with Crippen molar-refractivity contribution < 1.29 is 9.59 Å². The van der Waals surface area contributed by atoms with Gasteiger partial charge in [-0.15, -0.1) is 0 Å². The summed E-state index contributed by atoms with van der Waals surface area (Å²) in [6.45, 7) is 0. The number of hydrogen-bond donors (Lipinski definition) is 3. The molecule has 0 aliphatic carbocycles. The number of hydrogen-bond acceptors (Lipinski definition) is 4. The first-order valence-corrected chi connectivity index (χ1v) is 2.50. The Morgan fingerprint density at radius 2 is 2.20 bits per heavy atom. The van der Waals surface area contributed by atoms with Crippen LogP contribution in [0.3, 0.4) is 0 Å². The predicted octanol–water partition coefficient (Wildman–Crippen LogP) is -1.78. The van der Waals surface area contributed by atoms with Crippen LogP contribution < -0.4 is 16.2 Å². The van der Waals surface area contributed by atoms with Gasteiger partial charge in [0.15, 0.2) is 6.04 Å². The predicted molar refractivity (Wildman–Crippen MR) is 29.2 cm³/mol. The van der Waals surface area contributed by atoms with E-state index in [9.17, 15) is 9.59 Å². The quantitative estimate of drug-likeness (QED) is 0.371. The second-order valence-corrected chi connectivity index (χ2v) is 1.65. The fourth-order valence-corrected chi connectivity index (χ4v) is 0.509. The van der Waals surface area contributed by atoms with Gasteiger partial charge in [0.05, 0.1) is 6.07 Å². The van der Waals surface area contributed by atoms with Crippen molar-refractivity contribution in [3.05, 3.63) is 0 Å². The van der Waals surface area contributed by atoms with Gasteiger partial charge in [-0.3, -0.25) is 15.5 Å². The molecule has 1 unspecified atom stereocenters. The van der Waals surface area contributed by atoms with E-state index in [-0.39, 0.29) is 0 Å². The average Bonchev–Trinajstić information content (AvgIpc) is 1.88. The van der Waals surface area contributed by atoms with Gasteiger partial charge in [-0.25, -0.2) is 10.2 Å². The normalized spacial score (nSPS) is 24.5. The Labute approximate surface area is 56.2 Å². The molecule has 0 aromatic heterocycles. The molecule has 3 N–H and O–H groups in total. The molecule has 0 radical (unpaired) electrons. The second-order valence-electron chi connectivity index (χ2n) is 1.65. The summed E-state index contributed by atoms with van der Waals surface area (Å²) in [7, 11) is 0. The maximum Gasteiger partial charge on any atom is 0.335 e. The lowest BCUT2D eigenvalue weighted by molar-refractivity contribution is -0.121. The number of hydrazine groups is 1. The fraction of sp³-hybridized carbons (Fsp3) is 0.250. The van der Waals surface area contributed by atoms with Crippen LogP contribution in [0, 0.1) is 11.3 Å². The van der Waals surface area contributed by atoms with Gasteiger partial charge in [-0.05, 0) is 0 Å². The van der Waals surface area contributed by atoms with E-state index >= 15 is 0 Å². The van der Waals surface area contributed by atoms with Crippen LogP contribution in [-0.4, -0.2) is 18.0 Å². The lowest BCUT2D eigenvalue weighted by Gasteiger charge is -2.17. The first-order chi connectivity index (χ1) is 4.74. The molecule has 1 heterocycles. The van der Waals surface area contributed by atoms with Crippen molar-refractivity contribution in [2.45, 2.75) is 6.04 Å². The Morgan fingerprint density at radius 3 is 2.70 bits per heavy atom. The molecular weight excluding hydrogens is 136 g/mol. The summed E-state index contributed by atoms with van der Waals surface area (Å²) >= 11 is 0. The number of nitriles is 1. The number of carbonyl (C=O) groups excluding carboxylic acids is 2. The zero-order valence-corrected chi connectivity index (χ0v) is 4.84. The molecule has 1 fully saturated rings. The standard InChI is InChI=1S/C4H4N4O2/c5-1-2-3(9)6-4(10)8-7-2/h2,7H,(H2,6,8,9,10). The zero-order valence-electron chi connectivity index (χ0n) is 4.84. The summed E-state index contributed by atoms with van der Waals surface area (Å²) in [6, 6.07) is 0.00597. The lowest BCUT2D eigenvalue weighted by atomic mass is 10.3.